The van der Waals surface area contributed by atoms with Gasteiger partial charge in [-0.15, -0.1) is 0 Å². The van der Waals surface area contributed by atoms with Crippen LogP contribution >= 0.6 is 0 Å². The second-order valence-corrected chi connectivity index (χ2v) is 18.1. The minimum Gasteiger partial charge on any atom is -0.545 e. The van der Waals surface area contributed by atoms with Crippen molar-refractivity contribution >= 4 is 17.9 Å². The predicted molar refractivity (Wildman–Crippen MR) is 265 cm³/mol. The van der Waals surface area contributed by atoms with E-state index in [9.17, 15) is 19.5 Å². The number of quaternary nitrogens is 1. The second kappa shape index (κ2) is 46.3. The van der Waals surface area contributed by atoms with Gasteiger partial charge < -0.3 is 33.3 Å². The summed E-state index contributed by atoms with van der Waals surface area (Å²) >= 11 is 0. The molecule has 0 fully saturated rings. The number of aliphatic carboxylic acids is 1. The molecule has 0 radical (unpaired) electrons. The molecule has 0 aliphatic heterocycles. The smallest absolute Gasteiger partial charge is 0.306 e. The van der Waals surface area contributed by atoms with Crippen molar-refractivity contribution < 1.29 is 42.9 Å². The zero-order chi connectivity index (χ0) is 47.0. The Morgan fingerprint density at radius 2 is 0.891 bits per heavy atom. The monoisotopic (exact) mass is 898 g/mol. The predicted octanol–water partition coefficient (Wildman–Crippen LogP) is 12.9. The highest BCUT2D eigenvalue weighted by Gasteiger charge is 2.21. The molecule has 0 aromatic heterocycles. The normalized spacial score (nSPS) is 13.5. The van der Waals surface area contributed by atoms with Gasteiger partial charge in [-0.1, -0.05) is 177 Å². The van der Waals surface area contributed by atoms with Crippen LogP contribution in [0.3, 0.4) is 0 Å². The van der Waals surface area contributed by atoms with Crippen LogP contribution in [-0.4, -0.2) is 82.3 Å². The van der Waals surface area contributed by atoms with E-state index in [1.54, 1.807) is 0 Å². The van der Waals surface area contributed by atoms with Crippen LogP contribution in [0, 0.1) is 0 Å². The van der Waals surface area contributed by atoms with Gasteiger partial charge in [-0.2, -0.15) is 0 Å². The highest BCUT2D eigenvalue weighted by Crippen LogP contribution is 2.14. The minimum atomic E-state index is -1.62. The number of allylic oxidation sites excluding steroid dienone is 12. The quantitative estimate of drug-likeness (QED) is 0.0195. The number of esters is 2. The van der Waals surface area contributed by atoms with E-state index in [1.165, 1.54) is 70.6 Å². The fraction of sp³-hybridized carbons (Fsp3) is 0.727. The van der Waals surface area contributed by atoms with Crippen LogP contribution in [0.25, 0.3) is 0 Å². The molecule has 2 atom stereocenters. The number of carbonyl (C=O) groups is 3. The molecule has 2 unspecified atom stereocenters. The zero-order valence-corrected chi connectivity index (χ0v) is 41.6. The first-order chi connectivity index (χ1) is 31.1. The van der Waals surface area contributed by atoms with E-state index < -0.39 is 24.3 Å². The van der Waals surface area contributed by atoms with Crippen molar-refractivity contribution in [3.8, 4) is 0 Å². The van der Waals surface area contributed by atoms with E-state index in [0.717, 1.165) is 96.3 Å². The van der Waals surface area contributed by atoms with Gasteiger partial charge in [0.1, 0.15) is 13.2 Å². The number of carbonyl (C=O) groups excluding carboxylic acids is 3. The lowest BCUT2D eigenvalue weighted by molar-refractivity contribution is -0.870. The lowest BCUT2D eigenvalue weighted by Gasteiger charge is -2.26. The molecule has 0 rings (SSSR count). The van der Waals surface area contributed by atoms with Crippen molar-refractivity contribution in [2.24, 2.45) is 0 Å². The van der Waals surface area contributed by atoms with Crippen molar-refractivity contribution in [1.82, 2.24) is 0 Å². The largest absolute Gasteiger partial charge is 0.545 e. The van der Waals surface area contributed by atoms with E-state index in [0.29, 0.717) is 17.4 Å². The molecule has 0 N–H and O–H groups in total. The van der Waals surface area contributed by atoms with Crippen LogP contribution in [0.5, 0.6) is 0 Å². The van der Waals surface area contributed by atoms with Crippen molar-refractivity contribution in [2.45, 2.75) is 212 Å². The number of carboxylic acid groups (broad SMARTS) is 1. The molecule has 64 heavy (non-hydrogen) atoms. The summed E-state index contributed by atoms with van der Waals surface area (Å²) in [4.78, 5) is 37.1. The van der Waals surface area contributed by atoms with Crippen LogP contribution in [-0.2, 0) is 33.3 Å². The van der Waals surface area contributed by atoms with Crippen molar-refractivity contribution in [3.05, 3.63) is 72.9 Å². The summed E-state index contributed by atoms with van der Waals surface area (Å²) in [6.07, 6.45) is 55.1. The Morgan fingerprint density at radius 1 is 0.484 bits per heavy atom. The molecule has 0 aliphatic carbocycles. The van der Waals surface area contributed by atoms with Gasteiger partial charge in [0.2, 0.25) is 0 Å². The summed E-state index contributed by atoms with van der Waals surface area (Å²) in [5.74, 6) is -2.30. The van der Waals surface area contributed by atoms with E-state index >= 15 is 0 Å². The number of rotatable bonds is 46. The van der Waals surface area contributed by atoms with Crippen molar-refractivity contribution in [2.75, 3.05) is 47.5 Å². The Hall–Kier alpha value is -3.27. The summed E-state index contributed by atoms with van der Waals surface area (Å²) in [5.41, 5.74) is 0. The summed E-state index contributed by atoms with van der Waals surface area (Å²) < 4.78 is 22.6. The molecule has 0 saturated heterocycles. The first kappa shape index (κ1) is 60.7. The lowest BCUT2D eigenvalue weighted by Crippen LogP contribution is -2.44. The van der Waals surface area contributed by atoms with E-state index in [4.69, 9.17) is 18.9 Å². The molecule has 0 spiro atoms. The standard InChI is InChI=1S/C55H95NO8/c1-6-8-10-12-14-16-18-20-21-22-23-24-25-26-27-28-29-30-31-32-33-34-36-38-40-42-44-46-53(58)64-51(50-63-55(54(59)60)61-48-47-56(3,4)5)49-62-52(57)45-43-41-39-37-35-19-17-15-13-11-9-7-2/h8,10,14-17,20-21,23-24,26-27,51,55H,6-7,9,11-13,18-19,22,25,28-50H2,1-5H3/b10-8-,16-14-,17-15-,21-20-,24-23-,27-26-. The first-order valence-electron chi connectivity index (χ1n) is 25.6. The summed E-state index contributed by atoms with van der Waals surface area (Å²) in [7, 11) is 5.90. The zero-order valence-electron chi connectivity index (χ0n) is 41.6. The highest BCUT2D eigenvalue weighted by atomic mass is 16.7. The fourth-order valence-corrected chi connectivity index (χ4v) is 6.73. The Labute approximate surface area is 392 Å². The van der Waals surface area contributed by atoms with Gasteiger partial charge in [-0.25, -0.2) is 0 Å². The molecule has 0 amide bonds. The van der Waals surface area contributed by atoms with Crippen LogP contribution in [0.4, 0.5) is 0 Å². The molecule has 0 saturated carbocycles. The van der Waals surface area contributed by atoms with Gasteiger partial charge in [0.15, 0.2) is 12.4 Å². The third-order valence-electron chi connectivity index (χ3n) is 10.7. The topological polar surface area (TPSA) is 111 Å². The molecule has 9 heteroatoms. The van der Waals surface area contributed by atoms with Gasteiger partial charge in [-0.3, -0.25) is 9.59 Å². The molecule has 368 valence electrons. The van der Waals surface area contributed by atoms with Crippen molar-refractivity contribution in [1.29, 1.82) is 0 Å². The Kier molecular flexibility index (Phi) is 43.9. The number of hydrogen-bond acceptors (Lipinski definition) is 8. The number of hydrogen-bond donors (Lipinski definition) is 0. The fourth-order valence-electron chi connectivity index (χ4n) is 6.73. The minimum absolute atomic E-state index is 0.143. The highest BCUT2D eigenvalue weighted by molar-refractivity contribution is 5.70. The van der Waals surface area contributed by atoms with E-state index in [-0.39, 0.29) is 38.6 Å². The molecule has 9 nitrogen and oxygen atoms in total. The Morgan fingerprint density at radius 3 is 1.34 bits per heavy atom. The van der Waals surface area contributed by atoms with Gasteiger partial charge in [-0.05, 0) is 83.5 Å². The number of likely N-dealkylation sites (N-methyl/N-ethyl adjacent to an activating group) is 1. The number of carboxylic acids is 1. The molecule has 0 heterocycles. The summed E-state index contributed by atoms with van der Waals surface area (Å²) in [6, 6.07) is 0. The number of unbranched alkanes of at least 4 members (excludes halogenated alkanes) is 19. The average Bonchev–Trinajstić information content (AvgIpc) is 3.26. The van der Waals surface area contributed by atoms with E-state index in [2.05, 4.69) is 86.8 Å². The maximum atomic E-state index is 12.8. The van der Waals surface area contributed by atoms with Crippen LogP contribution in [0.1, 0.15) is 200 Å². The SMILES string of the molecule is CC/C=C\C/C=C\C/C=C\C/C=C\C/C=C\CCCCCCCCCCCCCC(=O)OC(COC(=O)CCCCCCC/C=C\CCCCC)COC(OCC[N+](C)(C)C)C(=O)[O-]. The summed E-state index contributed by atoms with van der Waals surface area (Å²) in [6.45, 7) is 4.58. The number of nitrogens with zero attached hydrogens (tertiary/aromatic N) is 1. The second-order valence-electron chi connectivity index (χ2n) is 18.1. The molecule has 0 bridgehead atoms. The average molecular weight is 898 g/mol. The molecular weight excluding hydrogens is 803 g/mol. The Bertz CT molecular complexity index is 1280. The van der Waals surface area contributed by atoms with Crippen LogP contribution < -0.4 is 5.11 Å². The van der Waals surface area contributed by atoms with Gasteiger partial charge in [0.05, 0.1) is 40.3 Å². The van der Waals surface area contributed by atoms with Gasteiger partial charge >= 0.3 is 11.9 Å². The third kappa shape index (κ3) is 46.7. The van der Waals surface area contributed by atoms with Crippen LogP contribution in [0.15, 0.2) is 72.9 Å². The third-order valence-corrected chi connectivity index (χ3v) is 10.7. The van der Waals surface area contributed by atoms with E-state index in [1.807, 2.05) is 21.1 Å². The summed E-state index contributed by atoms with van der Waals surface area (Å²) in [5, 5.41) is 11.7. The van der Waals surface area contributed by atoms with Crippen molar-refractivity contribution in [3.63, 3.8) is 0 Å². The molecule has 0 aromatic rings. The van der Waals surface area contributed by atoms with Gasteiger partial charge in [0.25, 0.3) is 0 Å². The first-order valence-corrected chi connectivity index (χ1v) is 25.6. The molecular formula is C55H95NO8. The molecule has 0 aliphatic rings. The number of ether oxygens (including phenoxy) is 4. The van der Waals surface area contributed by atoms with Crippen LogP contribution in [0.2, 0.25) is 0 Å². The molecule has 0 aromatic carbocycles. The lowest BCUT2D eigenvalue weighted by atomic mass is 10.0. The maximum absolute atomic E-state index is 12.8. The van der Waals surface area contributed by atoms with Gasteiger partial charge in [0, 0.05) is 12.8 Å². The Balaban J connectivity index is 4.27. The maximum Gasteiger partial charge on any atom is 0.306 e.